The molecule has 0 radical (unpaired) electrons. The van der Waals surface area contributed by atoms with Crippen molar-refractivity contribution in [3.63, 3.8) is 0 Å². The maximum Gasteiger partial charge on any atom is 0.193 e. The normalized spacial score (nSPS) is 26.6. The summed E-state index contributed by atoms with van der Waals surface area (Å²) in [5, 5.41) is 5.63. The van der Waals surface area contributed by atoms with Crippen LogP contribution in [0.15, 0.2) is 22.5 Å². The molecule has 1 atom stereocenters. The van der Waals surface area contributed by atoms with Gasteiger partial charge in [-0.3, -0.25) is 4.99 Å². The van der Waals surface area contributed by atoms with Gasteiger partial charge in [0.25, 0.3) is 0 Å². The van der Waals surface area contributed by atoms with Gasteiger partial charge in [0.2, 0.25) is 0 Å². The molecule has 4 nitrogen and oxygen atoms in total. The van der Waals surface area contributed by atoms with Gasteiger partial charge in [0.15, 0.2) is 5.96 Å². The standard InChI is InChI=1S/C15H23N3OS/c1-16-14(17-7-4-13-3-2-10-20-13)18-8-5-15(11-18)6-9-19-12-15/h2-3,10H,4-9,11-12H2,1H3,(H,16,17). The first-order chi connectivity index (χ1) is 9.81. The molecule has 1 N–H and O–H groups in total. The van der Waals surface area contributed by atoms with Gasteiger partial charge in [-0.25, -0.2) is 0 Å². The number of rotatable bonds is 3. The van der Waals surface area contributed by atoms with Crippen LogP contribution >= 0.6 is 11.3 Å². The van der Waals surface area contributed by atoms with Gasteiger partial charge in [-0.2, -0.15) is 0 Å². The molecule has 1 aromatic rings. The van der Waals surface area contributed by atoms with Crippen LogP contribution in [-0.4, -0.2) is 50.8 Å². The topological polar surface area (TPSA) is 36.9 Å². The van der Waals surface area contributed by atoms with Crippen LogP contribution in [0.5, 0.6) is 0 Å². The van der Waals surface area contributed by atoms with Crippen LogP contribution in [0.4, 0.5) is 0 Å². The zero-order chi connectivity index (χ0) is 13.8. The second kappa shape index (κ2) is 6.14. The van der Waals surface area contributed by atoms with E-state index in [0.29, 0.717) is 5.41 Å². The highest BCUT2D eigenvalue weighted by atomic mass is 32.1. The van der Waals surface area contributed by atoms with Crippen LogP contribution in [0.3, 0.4) is 0 Å². The van der Waals surface area contributed by atoms with E-state index < -0.39 is 0 Å². The van der Waals surface area contributed by atoms with Crippen LogP contribution in [0.25, 0.3) is 0 Å². The zero-order valence-electron chi connectivity index (χ0n) is 12.1. The van der Waals surface area contributed by atoms with E-state index in [4.69, 9.17) is 4.74 Å². The van der Waals surface area contributed by atoms with Crippen LogP contribution in [0.1, 0.15) is 17.7 Å². The molecule has 1 spiro atoms. The van der Waals surface area contributed by atoms with Gasteiger partial charge < -0.3 is 15.0 Å². The largest absolute Gasteiger partial charge is 0.381 e. The number of guanidine groups is 1. The summed E-state index contributed by atoms with van der Waals surface area (Å²) in [7, 11) is 1.88. The maximum absolute atomic E-state index is 5.59. The quantitative estimate of drug-likeness (QED) is 0.684. The number of nitrogens with one attached hydrogen (secondary N) is 1. The Bertz CT molecular complexity index is 452. The highest BCUT2D eigenvalue weighted by Crippen LogP contribution is 2.38. The fourth-order valence-electron chi connectivity index (χ4n) is 3.17. The number of hydrogen-bond acceptors (Lipinski definition) is 3. The second-order valence-electron chi connectivity index (χ2n) is 5.78. The Hall–Kier alpha value is -1.07. The van der Waals surface area contributed by atoms with E-state index in [2.05, 4.69) is 32.7 Å². The van der Waals surface area contributed by atoms with E-state index in [1.165, 1.54) is 17.7 Å². The lowest BCUT2D eigenvalue weighted by molar-refractivity contribution is 0.156. The SMILES string of the molecule is CN=C(NCCc1cccs1)N1CCC2(CCOC2)C1. The third-order valence-electron chi connectivity index (χ3n) is 4.37. The predicted octanol–water partition coefficient (Wildman–Crippen LogP) is 1.98. The van der Waals surface area contributed by atoms with Crippen molar-refractivity contribution in [3.8, 4) is 0 Å². The Morgan fingerprint density at radius 1 is 1.55 bits per heavy atom. The van der Waals surface area contributed by atoms with Crippen LogP contribution in [-0.2, 0) is 11.2 Å². The molecular weight excluding hydrogens is 270 g/mol. The number of thiophene rings is 1. The molecule has 3 heterocycles. The fourth-order valence-corrected chi connectivity index (χ4v) is 3.88. The third kappa shape index (κ3) is 2.99. The summed E-state index contributed by atoms with van der Waals surface area (Å²) in [5.74, 6) is 1.05. The van der Waals surface area contributed by atoms with Crippen molar-refractivity contribution < 1.29 is 4.74 Å². The van der Waals surface area contributed by atoms with Crippen LogP contribution in [0, 0.1) is 5.41 Å². The van der Waals surface area contributed by atoms with Crippen molar-refractivity contribution in [2.24, 2.45) is 10.4 Å². The first-order valence-electron chi connectivity index (χ1n) is 7.37. The summed E-state index contributed by atoms with van der Waals surface area (Å²) in [6, 6.07) is 4.30. The average molecular weight is 293 g/mol. The molecule has 0 aliphatic carbocycles. The molecule has 0 bridgehead atoms. The molecule has 1 unspecified atom stereocenters. The summed E-state index contributed by atoms with van der Waals surface area (Å²) in [6.45, 7) is 4.99. The van der Waals surface area contributed by atoms with Gasteiger partial charge in [-0.1, -0.05) is 6.07 Å². The number of hydrogen-bond donors (Lipinski definition) is 1. The zero-order valence-corrected chi connectivity index (χ0v) is 12.9. The molecule has 5 heteroatoms. The highest BCUT2D eigenvalue weighted by molar-refractivity contribution is 7.09. The highest BCUT2D eigenvalue weighted by Gasteiger charge is 2.42. The summed E-state index contributed by atoms with van der Waals surface area (Å²) in [6.07, 6.45) is 3.51. The average Bonchev–Trinajstić information content (AvgIpc) is 3.19. The van der Waals surface area contributed by atoms with Gasteiger partial charge in [0.1, 0.15) is 0 Å². The summed E-state index contributed by atoms with van der Waals surface area (Å²) < 4.78 is 5.59. The number of likely N-dealkylation sites (tertiary alicyclic amines) is 1. The lowest BCUT2D eigenvalue weighted by Crippen LogP contribution is -2.42. The van der Waals surface area contributed by atoms with Gasteiger partial charge in [0, 0.05) is 43.6 Å². The van der Waals surface area contributed by atoms with Crippen molar-refractivity contribution in [1.82, 2.24) is 10.2 Å². The smallest absolute Gasteiger partial charge is 0.193 e. The van der Waals surface area contributed by atoms with Crippen molar-refractivity contribution >= 4 is 17.3 Å². The molecule has 0 aromatic carbocycles. The van der Waals surface area contributed by atoms with Crippen molar-refractivity contribution in [2.75, 3.05) is 39.9 Å². The molecular formula is C15H23N3OS. The van der Waals surface area contributed by atoms with Crippen molar-refractivity contribution in [2.45, 2.75) is 19.3 Å². The van der Waals surface area contributed by atoms with Crippen molar-refractivity contribution in [3.05, 3.63) is 22.4 Å². The Labute approximate surface area is 124 Å². The Balaban J connectivity index is 1.50. The predicted molar refractivity (Wildman–Crippen MR) is 83.4 cm³/mol. The minimum absolute atomic E-state index is 0.394. The minimum Gasteiger partial charge on any atom is -0.381 e. The van der Waals surface area contributed by atoms with Gasteiger partial charge in [-0.05, 0) is 30.7 Å². The number of nitrogens with zero attached hydrogens (tertiary/aromatic N) is 2. The molecule has 2 aliphatic rings. The second-order valence-corrected chi connectivity index (χ2v) is 6.81. The van der Waals surface area contributed by atoms with E-state index in [0.717, 1.165) is 45.2 Å². The minimum atomic E-state index is 0.394. The molecule has 2 aliphatic heterocycles. The Kier molecular flexibility index (Phi) is 4.27. The Morgan fingerprint density at radius 3 is 3.20 bits per heavy atom. The molecule has 3 rings (SSSR count). The van der Waals surface area contributed by atoms with E-state index in [1.54, 1.807) is 0 Å². The summed E-state index contributed by atoms with van der Waals surface area (Å²) in [5.41, 5.74) is 0.394. The van der Waals surface area contributed by atoms with E-state index >= 15 is 0 Å². The lowest BCUT2D eigenvalue weighted by Gasteiger charge is -2.24. The number of aliphatic imine (C=N–C) groups is 1. The van der Waals surface area contributed by atoms with E-state index in [9.17, 15) is 0 Å². The van der Waals surface area contributed by atoms with Gasteiger partial charge in [0.05, 0.1) is 6.61 Å². The molecule has 0 saturated carbocycles. The molecule has 0 amide bonds. The van der Waals surface area contributed by atoms with Crippen LogP contribution in [0.2, 0.25) is 0 Å². The number of ether oxygens (including phenoxy) is 1. The molecule has 110 valence electrons. The van der Waals surface area contributed by atoms with Crippen LogP contribution < -0.4 is 5.32 Å². The first-order valence-corrected chi connectivity index (χ1v) is 8.25. The van der Waals surface area contributed by atoms with E-state index in [-0.39, 0.29) is 0 Å². The summed E-state index contributed by atoms with van der Waals surface area (Å²) >= 11 is 1.82. The monoisotopic (exact) mass is 293 g/mol. The fraction of sp³-hybridized carbons (Fsp3) is 0.667. The Morgan fingerprint density at radius 2 is 2.50 bits per heavy atom. The molecule has 2 fully saturated rings. The molecule has 2 saturated heterocycles. The summed E-state index contributed by atoms with van der Waals surface area (Å²) in [4.78, 5) is 8.26. The van der Waals surface area contributed by atoms with Gasteiger partial charge in [-0.15, -0.1) is 11.3 Å². The molecule has 20 heavy (non-hydrogen) atoms. The molecule has 1 aromatic heterocycles. The van der Waals surface area contributed by atoms with Crippen molar-refractivity contribution in [1.29, 1.82) is 0 Å². The maximum atomic E-state index is 5.59. The van der Waals surface area contributed by atoms with Gasteiger partial charge >= 0.3 is 0 Å². The first kappa shape index (κ1) is 13.9. The lowest BCUT2D eigenvalue weighted by atomic mass is 9.87. The van der Waals surface area contributed by atoms with E-state index in [1.807, 2.05) is 18.4 Å². The third-order valence-corrected chi connectivity index (χ3v) is 5.31.